The molecular weight excluding hydrogens is 242 g/mol. The summed E-state index contributed by atoms with van der Waals surface area (Å²) < 4.78 is 5.32. The van der Waals surface area contributed by atoms with E-state index in [0.29, 0.717) is 26.3 Å². The molecule has 0 spiro atoms. The largest absolute Gasteiger partial charge is 0.381 e. The van der Waals surface area contributed by atoms with E-state index in [1.807, 2.05) is 0 Å². The van der Waals surface area contributed by atoms with Crippen LogP contribution in [0, 0.1) is 5.41 Å². The monoisotopic (exact) mass is 271 g/mol. The summed E-state index contributed by atoms with van der Waals surface area (Å²) in [7, 11) is 0. The molecule has 0 unspecified atom stereocenters. The summed E-state index contributed by atoms with van der Waals surface area (Å²) in [6.07, 6.45) is 2.62. The summed E-state index contributed by atoms with van der Waals surface area (Å²) in [6, 6.07) is 0. The molecule has 0 aromatic rings. The van der Waals surface area contributed by atoms with Gasteiger partial charge in [-0.15, -0.1) is 0 Å². The van der Waals surface area contributed by atoms with Gasteiger partial charge in [-0.3, -0.25) is 4.79 Å². The number of nitrogens with two attached hydrogens (primary N) is 1. The molecule has 0 aliphatic carbocycles. The van der Waals surface area contributed by atoms with E-state index in [9.17, 15) is 4.79 Å². The highest BCUT2D eigenvalue weighted by Crippen LogP contribution is 2.29. The van der Waals surface area contributed by atoms with Crippen molar-refractivity contribution in [1.82, 2.24) is 10.2 Å². The summed E-state index contributed by atoms with van der Waals surface area (Å²) in [4.78, 5) is 14.7. The Labute approximate surface area is 116 Å². The van der Waals surface area contributed by atoms with Crippen LogP contribution in [0.5, 0.6) is 0 Å². The maximum Gasteiger partial charge on any atom is 0.227 e. The third kappa shape index (κ3) is 4.75. The van der Waals surface area contributed by atoms with Crippen molar-refractivity contribution >= 4 is 5.91 Å². The number of ether oxygens (including phenoxy) is 1. The lowest BCUT2D eigenvalue weighted by molar-refractivity contribution is -0.135. The van der Waals surface area contributed by atoms with Crippen molar-refractivity contribution in [2.45, 2.75) is 33.1 Å². The molecule has 0 atom stereocenters. The predicted octanol–water partition coefficient (Wildman–Crippen LogP) is 0.590. The van der Waals surface area contributed by atoms with Gasteiger partial charge in [-0.1, -0.05) is 13.8 Å². The maximum absolute atomic E-state index is 12.3. The van der Waals surface area contributed by atoms with Gasteiger partial charge in [-0.25, -0.2) is 0 Å². The first-order valence-electron chi connectivity index (χ1n) is 7.47. The molecule has 1 amide bonds. The second-order valence-electron chi connectivity index (χ2n) is 5.29. The first kappa shape index (κ1) is 16.4. The highest BCUT2D eigenvalue weighted by Gasteiger charge is 2.38. The Hall–Kier alpha value is -0.650. The van der Waals surface area contributed by atoms with E-state index in [1.165, 1.54) is 0 Å². The van der Waals surface area contributed by atoms with Crippen LogP contribution >= 0.6 is 0 Å². The van der Waals surface area contributed by atoms with Crippen LogP contribution in [-0.2, 0) is 9.53 Å². The molecule has 0 bridgehead atoms. The maximum atomic E-state index is 12.3. The van der Waals surface area contributed by atoms with E-state index >= 15 is 0 Å². The smallest absolute Gasteiger partial charge is 0.227 e. The van der Waals surface area contributed by atoms with E-state index in [1.54, 1.807) is 0 Å². The SMILES string of the molecule is CCCN(CC)CCNC(=O)C1(CN)CCOCC1. The molecule has 5 nitrogen and oxygen atoms in total. The van der Waals surface area contributed by atoms with Crippen molar-refractivity contribution < 1.29 is 9.53 Å². The lowest BCUT2D eigenvalue weighted by atomic mass is 9.79. The molecule has 1 aliphatic rings. The van der Waals surface area contributed by atoms with E-state index in [2.05, 4.69) is 24.1 Å². The zero-order valence-electron chi connectivity index (χ0n) is 12.4. The van der Waals surface area contributed by atoms with Gasteiger partial charge in [0.25, 0.3) is 0 Å². The van der Waals surface area contributed by atoms with Crippen molar-refractivity contribution in [2.75, 3.05) is 45.9 Å². The van der Waals surface area contributed by atoms with Gasteiger partial charge in [0.1, 0.15) is 0 Å². The predicted molar refractivity (Wildman–Crippen MR) is 77.0 cm³/mol. The zero-order chi connectivity index (χ0) is 14.1. The minimum atomic E-state index is -0.403. The summed E-state index contributed by atoms with van der Waals surface area (Å²) in [5, 5.41) is 3.05. The fraction of sp³-hybridized carbons (Fsp3) is 0.929. The third-order valence-corrected chi connectivity index (χ3v) is 4.02. The number of carbonyl (C=O) groups is 1. The molecule has 1 rings (SSSR count). The highest BCUT2D eigenvalue weighted by molar-refractivity contribution is 5.83. The quantitative estimate of drug-likeness (QED) is 0.678. The Bertz CT molecular complexity index is 265. The van der Waals surface area contributed by atoms with Crippen LogP contribution in [0.25, 0.3) is 0 Å². The average molecular weight is 271 g/mol. The van der Waals surface area contributed by atoms with Crippen molar-refractivity contribution in [3.63, 3.8) is 0 Å². The Balaban J connectivity index is 2.36. The van der Waals surface area contributed by atoms with Gasteiger partial charge in [0, 0.05) is 32.8 Å². The number of amides is 1. The van der Waals surface area contributed by atoms with E-state index in [-0.39, 0.29) is 5.91 Å². The van der Waals surface area contributed by atoms with Crippen LogP contribution in [0.3, 0.4) is 0 Å². The molecule has 0 aromatic carbocycles. The van der Waals surface area contributed by atoms with Crippen molar-refractivity contribution in [1.29, 1.82) is 0 Å². The molecule has 112 valence electrons. The molecule has 1 fully saturated rings. The highest BCUT2D eigenvalue weighted by atomic mass is 16.5. The van der Waals surface area contributed by atoms with Crippen LogP contribution in [0.2, 0.25) is 0 Å². The topological polar surface area (TPSA) is 67.6 Å². The molecule has 0 aromatic heterocycles. The first-order chi connectivity index (χ1) is 9.18. The molecule has 0 radical (unpaired) electrons. The summed E-state index contributed by atoms with van der Waals surface area (Å²) in [5.41, 5.74) is 5.42. The Morgan fingerprint density at radius 3 is 2.53 bits per heavy atom. The van der Waals surface area contributed by atoms with Crippen molar-refractivity contribution in [2.24, 2.45) is 11.1 Å². The Morgan fingerprint density at radius 2 is 2.00 bits per heavy atom. The first-order valence-corrected chi connectivity index (χ1v) is 7.47. The minimum absolute atomic E-state index is 0.103. The zero-order valence-corrected chi connectivity index (χ0v) is 12.4. The molecular formula is C14H29N3O2. The number of nitrogens with one attached hydrogen (secondary N) is 1. The summed E-state index contributed by atoms with van der Waals surface area (Å²) >= 11 is 0. The Morgan fingerprint density at radius 1 is 1.32 bits per heavy atom. The normalized spacial score (nSPS) is 18.5. The van der Waals surface area contributed by atoms with Gasteiger partial charge in [0.15, 0.2) is 0 Å². The second kappa shape index (κ2) is 8.51. The second-order valence-corrected chi connectivity index (χ2v) is 5.29. The van der Waals surface area contributed by atoms with Crippen LogP contribution in [0.1, 0.15) is 33.1 Å². The summed E-state index contributed by atoms with van der Waals surface area (Å²) in [6.45, 7) is 9.74. The van der Waals surface area contributed by atoms with Gasteiger partial charge in [0.05, 0.1) is 5.41 Å². The Kier molecular flexibility index (Phi) is 7.34. The van der Waals surface area contributed by atoms with E-state index in [0.717, 1.165) is 38.9 Å². The van der Waals surface area contributed by atoms with Gasteiger partial charge < -0.3 is 20.7 Å². The van der Waals surface area contributed by atoms with Crippen LogP contribution in [0.15, 0.2) is 0 Å². The fourth-order valence-corrected chi connectivity index (χ4v) is 2.55. The number of hydrogen-bond donors (Lipinski definition) is 2. The number of carbonyl (C=O) groups excluding carboxylic acids is 1. The van der Waals surface area contributed by atoms with Gasteiger partial charge in [-0.05, 0) is 32.4 Å². The molecule has 19 heavy (non-hydrogen) atoms. The minimum Gasteiger partial charge on any atom is -0.381 e. The van der Waals surface area contributed by atoms with E-state index in [4.69, 9.17) is 10.5 Å². The standard InChI is InChI=1S/C14H29N3O2/c1-3-8-17(4-2)9-7-16-13(18)14(12-15)5-10-19-11-6-14/h3-12,15H2,1-2H3,(H,16,18). The van der Waals surface area contributed by atoms with Crippen LogP contribution in [0.4, 0.5) is 0 Å². The molecule has 0 saturated carbocycles. The van der Waals surface area contributed by atoms with Gasteiger partial charge >= 0.3 is 0 Å². The summed E-state index contributed by atoms with van der Waals surface area (Å²) in [5.74, 6) is 0.103. The van der Waals surface area contributed by atoms with Crippen molar-refractivity contribution in [3.8, 4) is 0 Å². The number of likely N-dealkylation sites (N-methyl/N-ethyl adjacent to an activating group) is 1. The van der Waals surface area contributed by atoms with E-state index < -0.39 is 5.41 Å². The molecule has 1 saturated heterocycles. The van der Waals surface area contributed by atoms with Crippen LogP contribution < -0.4 is 11.1 Å². The van der Waals surface area contributed by atoms with Gasteiger partial charge in [0.2, 0.25) is 5.91 Å². The molecule has 5 heteroatoms. The lowest BCUT2D eigenvalue weighted by Gasteiger charge is -2.34. The average Bonchev–Trinajstić information content (AvgIpc) is 2.46. The number of rotatable bonds is 8. The van der Waals surface area contributed by atoms with Crippen LogP contribution in [-0.4, -0.2) is 56.7 Å². The number of hydrogen-bond acceptors (Lipinski definition) is 4. The third-order valence-electron chi connectivity index (χ3n) is 4.02. The molecule has 1 aliphatic heterocycles. The molecule has 3 N–H and O–H groups in total. The fourth-order valence-electron chi connectivity index (χ4n) is 2.55. The lowest BCUT2D eigenvalue weighted by Crippen LogP contribution is -2.50. The molecule has 1 heterocycles. The van der Waals surface area contributed by atoms with Gasteiger partial charge in [-0.2, -0.15) is 0 Å². The number of nitrogens with zero attached hydrogens (tertiary/aromatic N) is 1. The van der Waals surface area contributed by atoms with Crippen molar-refractivity contribution in [3.05, 3.63) is 0 Å².